The van der Waals surface area contributed by atoms with Gasteiger partial charge in [-0.15, -0.1) is 0 Å². The highest BCUT2D eigenvalue weighted by Crippen LogP contribution is 2.45. The van der Waals surface area contributed by atoms with Crippen LogP contribution >= 0.6 is 0 Å². The van der Waals surface area contributed by atoms with Gasteiger partial charge in [0.25, 0.3) is 0 Å². The Labute approximate surface area is 376 Å². The highest BCUT2D eigenvalue weighted by atomic mass is 16.3. The zero-order chi connectivity index (χ0) is 44.5. The van der Waals surface area contributed by atoms with Gasteiger partial charge in [0.2, 0.25) is 0 Å². The first-order valence-electron chi connectivity index (χ1n) is 21.9. The van der Waals surface area contributed by atoms with E-state index in [1.807, 2.05) is 141 Å². The van der Waals surface area contributed by atoms with E-state index in [1.165, 1.54) is 0 Å². The second kappa shape index (κ2) is 13.8. The maximum atomic E-state index is 11.9. The molecule has 9 aromatic carbocycles. The lowest BCUT2D eigenvalue weighted by Crippen LogP contribution is -1.96. The summed E-state index contributed by atoms with van der Waals surface area (Å²) in [5.41, 5.74) is 10.6. The maximum absolute atomic E-state index is 11.9. The van der Waals surface area contributed by atoms with Crippen molar-refractivity contribution in [2.75, 3.05) is 0 Å². The second-order valence-corrected chi connectivity index (χ2v) is 17.5. The number of rotatable bonds is 3. The topological polar surface area (TPSA) is 136 Å². The number of phenolic OH excluding ortho intramolecular Hbond substituents is 6. The van der Waals surface area contributed by atoms with Crippen molar-refractivity contribution in [3.8, 4) is 51.6 Å². The van der Waals surface area contributed by atoms with E-state index in [-0.39, 0.29) is 53.8 Å². The molecule has 0 amide bonds. The molecule has 0 atom stereocenters. The van der Waals surface area contributed by atoms with E-state index in [0.717, 1.165) is 82.5 Å². The number of para-hydroxylation sites is 3. The first-order chi connectivity index (χ1) is 32.2. The summed E-state index contributed by atoms with van der Waals surface area (Å²) >= 11 is 0. The van der Waals surface area contributed by atoms with E-state index in [4.69, 9.17) is 0 Å². The van der Waals surface area contributed by atoms with Gasteiger partial charge in [-0.3, -0.25) is 0 Å². The Hall–Kier alpha value is -8.82. The summed E-state index contributed by atoms with van der Waals surface area (Å²) < 4.78 is 6.08. The van der Waals surface area contributed by atoms with Crippen LogP contribution in [-0.4, -0.2) is 44.3 Å². The Morgan fingerprint density at radius 3 is 0.606 bits per heavy atom. The van der Waals surface area contributed by atoms with Gasteiger partial charge in [-0.1, -0.05) is 54.6 Å². The van der Waals surface area contributed by atoms with Crippen LogP contribution in [0.2, 0.25) is 0 Å². The number of hydrogen-bond acceptors (Lipinski definition) is 6. The van der Waals surface area contributed by atoms with Gasteiger partial charge in [-0.05, 0) is 106 Å². The Balaban J connectivity index is 1.14. The van der Waals surface area contributed by atoms with Crippen LogP contribution in [0.5, 0.6) is 34.5 Å². The molecular formula is C57H39N3O6. The molecule has 12 bridgehead atoms. The molecule has 1 aliphatic rings. The number of phenols is 6. The van der Waals surface area contributed by atoms with Crippen molar-refractivity contribution in [1.29, 1.82) is 0 Å². The summed E-state index contributed by atoms with van der Waals surface area (Å²) in [6.07, 6.45) is 0.588. The predicted octanol–water partition coefficient (Wildman–Crippen LogP) is 12.3. The molecule has 0 spiro atoms. The number of aromatic nitrogens is 3. The van der Waals surface area contributed by atoms with Crippen molar-refractivity contribution < 1.29 is 30.6 Å². The maximum Gasteiger partial charge on any atom is 0.121 e. The van der Waals surface area contributed by atoms with Crippen molar-refractivity contribution in [3.05, 3.63) is 197 Å². The normalized spacial score (nSPS) is 12.7. The molecule has 9 heteroatoms. The standard InChI is InChI=1S/C57H39N3O6/c61-52-25-46-40-19-31(52)16-33-21-42-44-23-35(56(65)29-50(44)59(48(42)27-54(33)63)38-12-6-2-7-13-38)18-36-24-45-43-22-34(17-32-20-41(40)47(26-53(32)62)58(46)37-10-4-1-5-11-37)55(64)28-49(43)60(51(45)30-57(36)66)39-14-8-3-9-15-39/h1-15,19-30,61-66H,16-18H2. The van der Waals surface area contributed by atoms with E-state index in [9.17, 15) is 30.6 Å². The number of nitrogens with zero attached hydrogens (tertiary/aromatic N) is 3. The molecule has 13 rings (SSSR count). The zero-order valence-corrected chi connectivity index (χ0v) is 35.2. The molecule has 3 aromatic heterocycles. The van der Waals surface area contributed by atoms with Crippen molar-refractivity contribution in [2.45, 2.75) is 19.3 Å². The van der Waals surface area contributed by atoms with Crippen molar-refractivity contribution >= 4 is 65.4 Å². The predicted molar refractivity (Wildman–Crippen MR) is 261 cm³/mol. The Bertz CT molecular complexity index is 3410. The quantitative estimate of drug-likeness (QED) is 0.105. The molecule has 0 saturated carbocycles. The van der Waals surface area contributed by atoms with Crippen LogP contribution in [0.15, 0.2) is 164 Å². The lowest BCUT2D eigenvalue weighted by Gasteiger charge is -2.12. The van der Waals surface area contributed by atoms with Crippen LogP contribution in [0.1, 0.15) is 33.4 Å². The summed E-state index contributed by atoms with van der Waals surface area (Å²) in [5.74, 6) is 0.318. The van der Waals surface area contributed by atoms with Gasteiger partial charge in [0.1, 0.15) is 34.5 Å². The van der Waals surface area contributed by atoms with Crippen LogP contribution in [0, 0.1) is 0 Å². The van der Waals surface area contributed by atoms with Crippen LogP contribution in [0.4, 0.5) is 0 Å². The van der Waals surface area contributed by atoms with Gasteiger partial charge >= 0.3 is 0 Å². The van der Waals surface area contributed by atoms with Gasteiger partial charge in [0.05, 0.1) is 33.1 Å². The second-order valence-electron chi connectivity index (χ2n) is 17.5. The van der Waals surface area contributed by atoms with Gasteiger partial charge < -0.3 is 44.3 Å². The molecule has 66 heavy (non-hydrogen) atoms. The van der Waals surface area contributed by atoms with Gasteiger partial charge in [0, 0.05) is 105 Å². The minimum atomic E-state index is 0.0530. The van der Waals surface area contributed by atoms with Crippen LogP contribution in [-0.2, 0) is 19.3 Å². The zero-order valence-electron chi connectivity index (χ0n) is 35.2. The fraction of sp³-hybridized carbons (Fsp3) is 0.0526. The molecule has 0 fully saturated rings. The summed E-state index contributed by atoms with van der Waals surface area (Å²) in [7, 11) is 0. The molecule has 1 aliphatic carbocycles. The molecule has 6 N–H and O–H groups in total. The van der Waals surface area contributed by atoms with E-state index in [2.05, 4.69) is 0 Å². The minimum absolute atomic E-state index is 0.0530. The summed E-state index contributed by atoms with van der Waals surface area (Å²) in [4.78, 5) is 0. The van der Waals surface area contributed by atoms with E-state index >= 15 is 0 Å². The largest absolute Gasteiger partial charge is 0.508 e. The van der Waals surface area contributed by atoms with Gasteiger partial charge in [0.15, 0.2) is 0 Å². The van der Waals surface area contributed by atoms with Crippen LogP contribution < -0.4 is 0 Å². The lowest BCUT2D eigenvalue weighted by molar-refractivity contribution is 0.463. The molecule has 0 aliphatic heterocycles. The molecule has 9 nitrogen and oxygen atoms in total. The fourth-order valence-electron chi connectivity index (χ4n) is 10.6. The monoisotopic (exact) mass is 861 g/mol. The van der Waals surface area contributed by atoms with E-state index < -0.39 is 0 Å². The molecule has 12 aromatic rings. The molecule has 0 saturated heterocycles. The van der Waals surface area contributed by atoms with Gasteiger partial charge in [-0.25, -0.2) is 0 Å². The average molecular weight is 862 g/mol. The fourth-order valence-corrected chi connectivity index (χ4v) is 10.6. The van der Waals surface area contributed by atoms with Crippen molar-refractivity contribution in [3.63, 3.8) is 0 Å². The Morgan fingerprint density at radius 2 is 0.424 bits per heavy atom. The highest BCUT2D eigenvalue weighted by molar-refractivity contribution is 6.13. The summed E-state index contributed by atoms with van der Waals surface area (Å²) in [6, 6.07) is 51.7. The highest BCUT2D eigenvalue weighted by Gasteiger charge is 2.24. The minimum Gasteiger partial charge on any atom is -0.508 e. The third kappa shape index (κ3) is 5.53. The average Bonchev–Trinajstić information content (AvgIpc) is 3.90. The summed E-state index contributed by atoms with van der Waals surface area (Å²) in [6.45, 7) is 0. The molecule has 0 unspecified atom stereocenters. The smallest absolute Gasteiger partial charge is 0.121 e. The SMILES string of the molecule is Oc1cc2c3cc1Cc1cc4c5cc(c(O)cc5n(-c5ccccc5)c4cc1O)Cc1cc4c5cc(c(O)cc5n(-c5ccccc5)c4cc1O)Cc1cc3c(cc1O)n2-c1ccccc1. The third-order valence-electron chi connectivity index (χ3n) is 13.7. The first-order valence-corrected chi connectivity index (χ1v) is 21.9. The molecular weight excluding hydrogens is 823 g/mol. The van der Waals surface area contributed by atoms with Crippen molar-refractivity contribution in [2.24, 2.45) is 0 Å². The number of benzene rings is 9. The van der Waals surface area contributed by atoms with E-state index in [1.54, 1.807) is 36.4 Å². The Kier molecular flexibility index (Phi) is 7.91. The van der Waals surface area contributed by atoms with Crippen LogP contribution in [0.3, 0.4) is 0 Å². The van der Waals surface area contributed by atoms with Gasteiger partial charge in [-0.2, -0.15) is 0 Å². The number of hydrogen-bond donors (Lipinski definition) is 6. The molecule has 3 heterocycles. The number of fused-ring (bicyclic) bond motifs is 6. The van der Waals surface area contributed by atoms with Crippen LogP contribution in [0.25, 0.3) is 82.5 Å². The third-order valence-corrected chi connectivity index (χ3v) is 13.7. The first kappa shape index (κ1) is 37.7. The number of aromatic hydroxyl groups is 6. The Morgan fingerprint density at radius 1 is 0.242 bits per heavy atom. The lowest BCUT2D eigenvalue weighted by atomic mass is 9.97. The molecule has 318 valence electrons. The van der Waals surface area contributed by atoms with Crippen molar-refractivity contribution in [1.82, 2.24) is 13.7 Å². The molecule has 0 radical (unpaired) electrons. The summed E-state index contributed by atoms with van der Waals surface area (Å²) in [5, 5.41) is 76.2. The van der Waals surface area contributed by atoms with E-state index in [0.29, 0.717) is 33.4 Å².